The molecule has 1 atom stereocenters. The molecule has 0 spiro atoms. The summed E-state index contributed by atoms with van der Waals surface area (Å²) in [7, 11) is 0. The van der Waals surface area contributed by atoms with Crippen LogP contribution in [-0.4, -0.2) is 18.3 Å². The number of halogens is 1. The fraction of sp³-hybridized carbons (Fsp3) is 0.538. The first-order chi connectivity index (χ1) is 8.13. The van der Waals surface area contributed by atoms with Crippen molar-refractivity contribution in [3.63, 3.8) is 0 Å². The molecule has 0 bridgehead atoms. The van der Waals surface area contributed by atoms with Crippen molar-refractivity contribution in [2.75, 3.05) is 13.2 Å². The van der Waals surface area contributed by atoms with Crippen LogP contribution in [0.25, 0.3) is 0 Å². The van der Waals surface area contributed by atoms with Crippen molar-refractivity contribution >= 4 is 15.9 Å². The van der Waals surface area contributed by atoms with Gasteiger partial charge in [0.05, 0.1) is 19.3 Å². The van der Waals surface area contributed by atoms with E-state index in [2.05, 4.69) is 15.9 Å². The van der Waals surface area contributed by atoms with Crippen molar-refractivity contribution in [1.82, 2.24) is 0 Å². The molecule has 1 aromatic carbocycles. The van der Waals surface area contributed by atoms with Crippen LogP contribution in [0.1, 0.15) is 38.9 Å². The maximum atomic E-state index is 9.90. The van der Waals surface area contributed by atoms with Gasteiger partial charge >= 0.3 is 0 Å². The first kappa shape index (κ1) is 14.3. The molecule has 0 aliphatic rings. The lowest BCUT2D eigenvalue weighted by atomic mass is 10.1. The third-order valence-corrected chi connectivity index (χ3v) is 3.10. The fourth-order valence-electron chi connectivity index (χ4n) is 1.56. The fourth-order valence-corrected chi connectivity index (χ4v) is 2.15. The molecule has 0 fully saturated rings. The number of hydrogen-bond donors (Lipinski definition) is 1. The molecule has 96 valence electrons. The minimum atomic E-state index is -0.487. The van der Waals surface area contributed by atoms with Crippen LogP contribution in [0.5, 0.6) is 11.5 Å². The Bertz CT molecular complexity index is 366. The molecule has 3 nitrogen and oxygen atoms in total. The second kappa shape index (κ2) is 6.87. The molecule has 0 aromatic heterocycles. The minimum Gasteiger partial charge on any atom is -0.490 e. The maximum absolute atomic E-state index is 9.90. The SMILES string of the molecule is CCOc1cc(Br)c([C@@H](O)CC)cc1OCC. The van der Waals surface area contributed by atoms with Gasteiger partial charge in [0.2, 0.25) is 0 Å². The zero-order valence-electron chi connectivity index (χ0n) is 10.5. The summed E-state index contributed by atoms with van der Waals surface area (Å²) >= 11 is 3.45. The van der Waals surface area contributed by atoms with Gasteiger partial charge in [-0.1, -0.05) is 22.9 Å². The Hall–Kier alpha value is -0.740. The summed E-state index contributed by atoms with van der Waals surface area (Å²) < 4.78 is 11.9. The molecule has 0 radical (unpaired) electrons. The van der Waals surface area contributed by atoms with Gasteiger partial charge < -0.3 is 14.6 Å². The van der Waals surface area contributed by atoms with Crippen molar-refractivity contribution < 1.29 is 14.6 Å². The molecule has 0 aliphatic heterocycles. The Balaban J connectivity index is 3.14. The van der Waals surface area contributed by atoms with Crippen LogP contribution in [0.4, 0.5) is 0 Å². The van der Waals surface area contributed by atoms with Gasteiger partial charge in [0.1, 0.15) is 0 Å². The van der Waals surface area contributed by atoms with E-state index in [4.69, 9.17) is 9.47 Å². The highest BCUT2D eigenvalue weighted by atomic mass is 79.9. The summed E-state index contributed by atoms with van der Waals surface area (Å²) in [4.78, 5) is 0. The van der Waals surface area contributed by atoms with E-state index in [-0.39, 0.29) is 0 Å². The van der Waals surface area contributed by atoms with Crippen LogP contribution in [-0.2, 0) is 0 Å². The minimum absolute atomic E-state index is 0.487. The highest BCUT2D eigenvalue weighted by molar-refractivity contribution is 9.10. The third-order valence-electron chi connectivity index (χ3n) is 2.41. The number of aliphatic hydroxyl groups is 1. The second-order valence-corrected chi connectivity index (χ2v) is 4.46. The van der Waals surface area contributed by atoms with E-state index in [0.29, 0.717) is 31.1 Å². The molecule has 1 rings (SSSR count). The van der Waals surface area contributed by atoms with E-state index in [0.717, 1.165) is 10.0 Å². The van der Waals surface area contributed by atoms with E-state index in [9.17, 15) is 5.11 Å². The Labute approximate surface area is 111 Å². The van der Waals surface area contributed by atoms with Crippen molar-refractivity contribution in [3.8, 4) is 11.5 Å². The lowest BCUT2D eigenvalue weighted by Gasteiger charge is -2.16. The van der Waals surface area contributed by atoms with E-state index in [1.165, 1.54) is 0 Å². The van der Waals surface area contributed by atoms with Gasteiger partial charge in [0.25, 0.3) is 0 Å². The van der Waals surface area contributed by atoms with Gasteiger partial charge in [0, 0.05) is 4.47 Å². The molecule has 0 unspecified atom stereocenters. The van der Waals surface area contributed by atoms with Gasteiger partial charge in [-0.05, 0) is 38.0 Å². The number of aliphatic hydroxyl groups excluding tert-OH is 1. The molecule has 4 heteroatoms. The lowest BCUT2D eigenvalue weighted by Crippen LogP contribution is -2.02. The summed E-state index contributed by atoms with van der Waals surface area (Å²) in [6, 6.07) is 3.69. The first-order valence-corrected chi connectivity index (χ1v) is 6.70. The average molecular weight is 303 g/mol. The molecule has 0 saturated heterocycles. The Morgan fingerprint density at radius 2 is 1.65 bits per heavy atom. The van der Waals surface area contributed by atoms with E-state index >= 15 is 0 Å². The molecule has 0 saturated carbocycles. The summed E-state index contributed by atoms with van der Waals surface area (Å²) in [6.07, 6.45) is 0.178. The third kappa shape index (κ3) is 3.61. The topological polar surface area (TPSA) is 38.7 Å². The van der Waals surface area contributed by atoms with Crippen molar-refractivity contribution in [2.45, 2.75) is 33.3 Å². The van der Waals surface area contributed by atoms with E-state index < -0.39 is 6.10 Å². The standard InChI is InChI=1S/C13H19BrO3/c1-4-11(15)9-7-12(16-5-2)13(17-6-3)8-10(9)14/h7-8,11,15H,4-6H2,1-3H3/t11-/m0/s1. The van der Waals surface area contributed by atoms with Crippen molar-refractivity contribution in [1.29, 1.82) is 0 Å². The summed E-state index contributed by atoms with van der Waals surface area (Å²) in [5, 5.41) is 9.90. The van der Waals surface area contributed by atoms with Gasteiger partial charge in [-0.2, -0.15) is 0 Å². The van der Waals surface area contributed by atoms with Gasteiger partial charge in [-0.3, -0.25) is 0 Å². The van der Waals surface area contributed by atoms with Crippen LogP contribution in [0, 0.1) is 0 Å². The second-order valence-electron chi connectivity index (χ2n) is 3.61. The normalized spacial score (nSPS) is 12.3. The summed E-state index contributed by atoms with van der Waals surface area (Å²) in [6.45, 7) is 6.95. The number of hydrogen-bond acceptors (Lipinski definition) is 3. The average Bonchev–Trinajstić information content (AvgIpc) is 2.32. The van der Waals surface area contributed by atoms with Crippen LogP contribution in [0.15, 0.2) is 16.6 Å². The monoisotopic (exact) mass is 302 g/mol. The number of rotatable bonds is 6. The first-order valence-electron chi connectivity index (χ1n) is 5.91. The van der Waals surface area contributed by atoms with Crippen molar-refractivity contribution in [2.24, 2.45) is 0 Å². The summed E-state index contributed by atoms with van der Waals surface area (Å²) in [5.41, 5.74) is 0.833. The zero-order chi connectivity index (χ0) is 12.8. The summed E-state index contributed by atoms with van der Waals surface area (Å²) in [5.74, 6) is 1.38. The molecule has 1 aromatic rings. The van der Waals surface area contributed by atoms with Gasteiger partial charge in [-0.15, -0.1) is 0 Å². The Kier molecular flexibility index (Phi) is 5.78. The van der Waals surface area contributed by atoms with Gasteiger partial charge in [0.15, 0.2) is 11.5 Å². The molecule has 1 N–H and O–H groups in total. The molecule has 17 heavy (non-hydrogen) atoms. The predicted molar refractivity (Wildman–Crippen MR) is 71.7 cm³/mol. The molecule has 0 amide bonds. The van der Waals surface area contributed by atoms with E-state index in [1.807, 2.05) is 32.9 Å². The molecular weight excluding hydrogens is 284 g/mol. The van der Waals surface area contributed by atoms with Gasteiger partial charge in [-0.25, -0.2) is 0 Å². The lowest BCUT2D eigenvalue weighted by molar-refractivity contribution is 0.172. The predicted octanol–water partition coefficient (Wildman–Crippen LogP) is 3.69. The van der Waals surface area contributed by atoms with Crippen LogP contribution >= 0.6 is 15.9 Å². The largest absolute Gasteiger partial charge is 0.490 e. The zero-order valence-corrected chi connectivity index (χ0v) is 12.1. The molecule has 0 heterocycles. The molecular formula is C13H19BrO3. The highest BCUT2D eigenvalue weighted by Gasteiger charge is 2.15. The van der Waals surface area contributed by atoms with Crippen LogP contribution < -0.4 is 9.47 Å². The van der Waals surface area contributed by atoms with Crippen LogP contribution in [0.2, 0.25) is 0 Å². The Morgan fingerprint density at radius 3 is 2.12 bits per heavy atom. The number of ether oxygens (including phenoxy) is 2. The smallest absolute Gasteiger partial charge is 0.162 e. The highest BCUT2D eigenvalue weighted by Crippen LogP contribution is 2.37. The number of benzene rings is 1. The van der Waals surface area contributed by atoms with E-state index in [1.54, 1.807) is 0 Å². The quantitative estimate of drug-likeness (QED) is 0.871. The van der Waals surface area contributed by atoms with Crippen molar-refractivity contribution in [3.05, 3.63) is 22.2 Å². The van der Waals surface area contributed by atoms with Crippen LogP contribution in [0.3, 0.4) is 0 Å². The maximum Gasteiger partial charge on any atom is 0.162 e. The molecule has 0 aliphatic carbocycles. The Morgan fingerprint density at radius 1 is 1.12 bits per heavy atom.